The molecule has 1 fully saturated rings. The van der Waals surface area contributed by atoms with E-state index in [-0.39, 0.29) is 0 Å². The molecule has 0 amide bonds. The molecule has 92 valence electrons. The van der Waals surface area contributed by atoms with E-state index in [9.17, 15) is 0 Å². The van der Waals surface area contributed by atoms with E-state index in [0.29, 0.717) is 0 Å². The van der Waals surface area contributed by atoms with Gasteiger partial charge in [-0.25, -0.2) is 0 Å². The Bertz CT molecular complexity index is 390. The number of rotatable bonds is 1. The van der Waals surface area contributed by atoms with Crippen molar-refractivity contribution in [2.45, 2.75) is 30.1 Å². The van der Waals surface area contributed by atoms with E-state index in [1.54, 1.807) is 5.56 Å². The van der Waals surface area contributed by atoms with Crippen LogP contribution in [0.3, 0.4) is 0 Å². The lowest BCUT2D eigenvalue weighted by Crippen LogP contribution is -2.20. The Morgan fingerprint density at radius 2 is 2.06 bits per heavy atom. The SMILES string of the molecule is CN1CCCC(C2CSc3ccccc32)CC1. The van der Waals surface area contributed by atoms with Crippen LogP contribution < -0.4 is 0 Å². The third-order valence-corrected chi connectivity index (χ3v) is 5.51. The van der Waals surface area contributed by atoms with Crippen molar-refractivity contribution in [2.24, 2.45) is 5.92 Å². The van der Waals surface area contributed by atoms with Gasteiger partial charge >= 0.3 is 0 Å². The van der Waals surface area contributed by atoms with Gasteiger partial charge in [0.25, 0.3) is 0 Å². The van der Waals surface area contributed by atoms with Crippen molar-refractivity contribution in [3.05, 3.63) is 29.8 Å². The molecule has 2 aliphatic rings. The first kappa shape index (κ1) is 11.6. The minimum Gasteiger partial charge on any atom is -0.306 e. The molecule has 2 atom stereocenters. The Labute approximate surface area is 109 Å². The van der Waals surface area contributed by atoms with Gasteiger partial charge in [-0.15, -0.1) is 11.8 Å². The molecule has 3 rings (SSSR count). The van der Waals surface area contributed by atoms with Crippen LogP contribution >= 0.6 is 11.8 Å². The number of nitrogens with zero attached hydrogens (tertiary/aromatic N) is 1. The lowest BCUT2D eigenvalue weighted by molar-refractivity contribution is 0.334. The zero-order valence-corrected chi connectivity index (χ0v) is 11.4. The second-order valence-corrected chi connectivity index (χ2v) is 6.51. The van der Waals surface area contributed by atoms with Gasteiger partial charge in [0, 0.05) is 10.6 Å². The van der Waals surface area contributed by atoms with Crippen LogP contribution in [0.2, 0.25) is 0 Å². The summed E-state index contributed by atoms with van der Waals surface area (Å²) in [7, 11) is 2.26. The zero-order chi connectivity index (χ0) is 11.7. The van der Waals surface area contributed by atoms with E-state index < -0.39 is 0 Å². The highest BCUT2D eigenvalue weighted by molar-refractivity contribution is 7.99. The summed E-state index contributed by atoms with van der Waals surface area (Å²) in [5.41, 5.74) is 1.63. The molecule has 2 unspecified atom stereocenters. The summed E-state index contributed by atoms with van der Waals surface area (Å²) in [6.45, 7) is 2.58. The fourth-order valence-corrected chi connectivity index (χ4v) is 4.62. The molecule has 1 nitrogen and oxygen atoms in total. The molecule has 2 heteroatoms. The lowest BCUT2D eigenvalue weighted by atomic mass is 9.83. The summed E-state index contributed by atoms with van der Waals surface area (Å²) in [6.07, 6.45) is 4.18. The minimum atomic E-state index is 0.822. The van der Waals surface area contributed by atoms with Crippen LogP contribution in [0.15, 0.2) is 29.2 Å². The maximum absolute atomic E-state index is 2.49. The van der Waals surface area contributed by atoms with Crippen LogP contribution in [-0.2, 0) is 0 Å². The van der Waals surface area contributed by atoms with E-state index in [4.69, 9.17) is 0 Å². The van der Waals surface area contributed by atoms with Crippen molar-refractivity contribution in [3.8, 4) is 0 Å². The Morgan fingerprint density at radius 1 is 1.18 bits per heavy atom. The van der Waals surface area contributed by atoms with Gasteiger partial charge < -0.3 is 4.90 Å². The molecule has 1 aromatic rings. The Hall–Kier alpha value is -0.470. The zero-order valence-electron chi connectivity index (χ0n) is 10.6. The first-order valence-corrected chi connectivity index (χ1v) is 7.73. The van der Waals surface area contributed by atoms with Crippen LogP contribution in [0.1, 0.15) is 30.7 Å². The predicted molar refractivity (Wildman–Crippen MR) is 74.7 cm³/mol. The Balaban J connectivity index is 1.77. The number of thioether (sulfide) groups is 1. The van der Waals surface area contributed by atoms with Gasteiger partial charge in [0.15, 0.2) is 0 Å². The fraction of sp³-hybridized carbons (Fsp3) is 0.600. The number of hydrogen-bond acceptors (Lipinski definition) is 2. The van der Waals surface area contributed by atoms with Gasteiger partial charge in [0.1, 0.15) is 0 Å². The summed E-state index contributed by atoms with van der Waals surface area (Å²) in [4.78, 5) is 4.03. The summed E-state index contributed by atoms with van der Waals surface area (Å²) in [5, 5.41) is 0. The molecule has 0 aliphatic carbocycles. The van der Waals surface area contributed by atoms with Crippen LogP contribution in [0.4, 0.5) is 0 Å². The second kappa shape index (κ2) is 5.03. The van der Waals surface area contributed by atoms with Gasteiger partial charge in [-0.1, -0.05) is 18.2 Å². The largest absolute Gasteiger partial charge is 0.306 e. The van der Waals surface area contributed by atoms with Crippen molar-refractivity contribution in [3.63, 3.8) is 0 Å². The summed E-state index contributed by atoms with van der Waals surface area (Å²) < 4.78 is 0. The summed E-state index contributed by atoms with van der Waals surface area (Å²) >= 11 is 2.06. The number of hydrogen-bond donors (Lipinski definition) is 0. The predicted octanol–water partition coefficient (Wildman–Crippen LogP) is 3.61. The number of benzene rings is 1. The van der Waals surface area contributed by atoms with Crippen molar-refractivity contribution < 1.29 is 0 Å². The van der Waals surface area contributed by atoms with Crippen LogP contribution in [0.5, 0.6) is 0 Å². The fourth-order valence-electron chi connectivity index (χ4n) is 3.25. The molecule has 1 saturated heterocycles. The molecular weight excluding hydrogens is 226 g/mol. The van der Waals surface area contributed by atoms with Crippen molar-refractivity contribution in [1.82, 2.24) is 4.90 Å². The third kappa shape index (κ3) is 2.38. The maximum Gasteiger partial charge on any atom is 0.0107 e. The monoisotopic (exact) mass is 247 g/mol. The molecule has 1 aromatic carbocycles. The molecule has 2 aliphatic heterocycles. The van der Waals surface area contributed by atoms with Crippen LogP contribution in [0.25, 0.3) is 0 Å². The molecule has 17 heavy (non-hydrogen) atoms. The molecule has 0 bridgehead atoms. The minimum absolute atomic E-state index is 0.822. The topological polar surface area (TPSA) is 3.24 Å². The van der Waals surface area contributed by atoms with Crippen LogP contribution in [0, 0.1) is 5.92 Å². The molecule has 0 spiro atoms. The molecule has 0 aromatic heterocycles. The van der Waals surface area contributed by atoms with Gasteiger partial charge in [-0.3, -0.25) is 0 Å². The highest BCUT2D eigenvalue weighted by Crippen LogP contribution is 2.45. The van der Waals surface area contributed by atoms with Crippen LogP contribution in [-0.4, -0.2) is 30.8 Å². The van der Waals surface area contributed by atoms with Gasteiger partial charge in [-0.05, 0) is 62.9 Å². The highest BCUT2D eigenvalue weighted by atomic mass is 32.2. The number of likely N-dealkylation sites (tertiary alicyclic amines) is 1. The first-order chi connectivity index (χ1) is 8.34. The molecule has 0 N–H and O–H groups in total. The highest BCUT2D eigenvalue weighted by Gasteiger charge is 2.30. The Morgan fingerprint density at radius 3 is 3.00 bits per heavy atom. The molecular formula is C15H21NS. The van der Waals surface area contributed by atoms with E-state index in [1.807, 2.05) is 0 Å². The van der Waals surface area contributed by atoms with E-state index >= 15 is 0 Å². The standard InChI is InChI=1S/C15H21NS/c1-16-9-4-5-12(8-10-16)14-11-17-15-7-3-2-6-13(14)15/h2-3,6-7,12,14H,4-5,8-11H2,1H3. The summed E-state index contributed by atoms with van der Waals surface area (Å²) in [6, 6.07) is 9.03. The summed E-state index contributed by atoms with van der Waals surface area (Å²) in [5.74, 6) is 3.05. The van der Waals surface area contributed by atoms with E-state index in [0.717, 1.165) is 11.8 Å². The van der Waals surface area contributed by atoms with Crippen molar-refractivity contribution >= 4 is 11.8 Å². The average Bonchev–Trinajstić information content (AvgIpc) is 2.66. The maximum atomic E-state index is 2.49. The molecule has 0 saturated carbocycles. The lowest BCUT2D eigenvalue weighted by Gasteiger charge is -2.22. The Kier molecular flexibility index (Phi) is 3.44. The molecule has 2 heterocycles. The first-order valence-electron chi connectivity index (χ1n) is 6.75. The van der Waals surface area contributed by atoms with Crippen molar-refractivity contribution in [2.75, 3.05) is 25.9 Å². The van der Waals surface area contributed by atoms with E-state index in [2.05, 4.69) is 48.0 Å². The third-order valence-electron chi connectivity index (χ3n) is 4.30. The van der Waals surface area contributed by atoms with Gasteiger partial charge in [0.2, 0.25) is 0 Å². The van der Waals surface area contributed by atoms with Gasteiger partial charge in [0.05, 0.1) is 0 Å². The van der Waals surface area contributed by atoms with Gasteiger partial charge in [-0.2, -0.15) is 0 Å². The van der Waals surface area contributed by atoms with Crippen molar-refractivity contribution in [1.29, 1.82) is 0 Å². The smallest absolute Gasteiger partial charge is 0.0107 e. The quantitative estimate of drug-likeness (QED) is 0.746. The number of fused-ring (bicyclic) bond motifs is 1. The van der Waals surface area contributed by atoms with E-state index in [1.165, 1.54) is 43.0 Å². The molecule has 0 radical (unpaired) electrons. The normalized spacial score (nSPS) is 29.9. The average molecular weight is 247 g/mol. The second-order valence-electron chi connectivity index (χ2n) is 5.45.